The molecule has 1 aliphatic heterocycles. The van der Waals surface area contributed by atoms with Crippen LogP contribution in [-0.4, -0.2) is 68.5 Å². The molecule has 34 heavy (non-hydrogen) atoms. The molecule has 2 amide bonds. The first-order valence-corrected chi connectivity index (χ1v) is 12.3. The molecule has 2 aromatic carbocycles. The van der Waals surface area contributed by atoms with E-state index < -0.39 is 34.3 Å². The van der Waals surface area contributed by atoms with Crippen LogP contribution >= 0.6 is 0 Å². The molecule has 0 bridgehead atoms. The van der Waals surface area contributed by atoms with Gasteiger partial charge in [-0.3, -0.25) is 4.79 Å². The minimum Gasteiger partial charge on any atom is -0.465 e. The molecule has 2 atom stereocenters. The highest BCUT2D eigenvalue weighted by atomic mass is 32.2. The Kier molecular flexibility index (Phi) is 8.09. The van der Waals surface area contributed by atoms with Crippen molar-refractivity contribution in [1.82, 2.24) is 10.2 Å². The molecule has 0 aromatic heterocycles. The molecule has 1 fully saturated rings. The molecule has 2 aromatic rings. The Balaban J connectivity index is 1.64. The van der Waals surface area contributed by atoms with Gasteiger partial charge in [0.15, 0.2) is 6.10 Å². The van der Waals surface area contributed by atoms with Crippen molar-refractivity contribution in [2.45, 2.75) is 25.0 Å². The number of ether oxygens (including phenoxy) is 1. The third-order valence-electron chi connectivity index (χ3n) is 5.12. The van der Waals surface area contributed by atoms with Crippen molar-refractivity contribution in [1.29, 1.82) is 5.26 Å². The fraction of sp³-hybridized carbons (Fsp3) is 0.348. The van der Waals surface area contributed by atoms with Crippen molar-refractivity contribution in [2.24, 2.45) is 0 Å². The maximum atomic E-state index is 12.6. The number of carbonyl (C=O) groups is 2. The van der Waals surface area contributed by atoms with Crippen molar-refractivity contribution in [3.8, 4) is 22.9 Å². The summed E-state index contributed by atoms with van der Waals surface area (Å²) < 4.78 is 33.1. The minimum absolute atomic E-state index is 0.0872. The Labute approximate surface area is 197 Å². The van der Waals surface area contributed by atoms with Crippen LogP contribution in [-0.2, 0) is 26.1 Å². The third-order valence-corrected chi connectivity index (χ3v) is 5.62. The Hall–Kier alpha value is -3.62. The number of hydrogen-bond acceptors (Lipinski definition) is 7. The highest BCUT2D eigenvalue weighted by Gasteiger charge is 2.28. The predicted molar refractivity (Wildman–Crippen MR) is 123 cm³/mol. The van der Waals surface area contributed by atoms with Crippen LogP contribution in [0.2, 0.25) is 0 Å². The maximum absolute atomic E-state index is 12.6. The van der Waals surface area contributed by atoms with Crippen LogP contribution in [0.15, 0.2) is 48.5 Å². The summed E-state index contributed by atoms with van der Waals surface area (Å²) >= 11 is 0. The van der Waals surface area contributed by atoms with Gasteiger partial charge in [-0.2, -0.15) is 13.7 Å². The van der Waals surface area contributed by atoms with E-state index in [9.17, 15) is 28.4 Å². The van der Waals surface area contributed by atoms with Crippen LogP contribution in [0.25, 0.3) is 11.1 Å². The monoisotopic (exact) mass is 487 g/mol. The Morgan fingerprint density at radius 1 is 1.26 bits per heavy atom. The van der Waals surface area contributed by atoms with Gasteiger partial charge >= 0.3 is 16.2 Å². The first-order chi connectivity index (χ1) is 16.1. The smallest absolute Gasteiger partial charge is 0.407 e. The van der Waals surface area contributed by atoms with Gasteiger partial charge in [0.1, 0.15) is 11.8 Å². The molecule has 1 unspecified atom stereocenters. The average Bonchev–Trinajstić information content (AvgIpc) is 3.05. The Bertz CT molecular complexity index is 1180. The standard InChI is InChI=1S/C23H25N3O7S/c1-34(30,31)33-20-5-2-4-18(13-20)17-8-6-16(7-9-17)12-19(14-24)25-22(27)21-15-26(23(28)29)10-3-11-32-21/h2,4-9,13,19,21H,3,10-12,15H2,1H3,(H,25,27)(H,28,29)/t19?,21-/m0/s1. The first-order valence-electron chi connectivity index (χ1n) is 10.5. The zero-order chi connectivity index (χ0) is 24.7. The molecular formula is C23H25N3O7S. The molecule has 0 spiro atoms. The topological polar surface area (TPSA) is 146 Å². The summed E-state index contributed by atoms with van der Waals surface area (Å²) in [5, 5.41) is 21.4. The average molecular weight is 488 g/mol. The van der Waals surface area contributed by atoms with E-state index in [1.54, 1.807) is 18.2 Å². The summed E-state index contributed by atoms with van der Waals surface area (Å²) in [4.78, 5) is 25.0. The van der Waals surface area contributed by atoms with Gasteiger partial charge in [-0.1, -0.05) is 36.4 Å². The third kappa shape index (κ3) is 7.19. The minimum atomic E-state index is -3.63. The van der Waals surface area contributed by atoms with E-state index in [0.29, 0.717) is 6.42 Å². The van der Waals surface area contributed by atoms with Gasteiger partial charge in [0.25, 0.3) is 5.91 Å². The summed E-state index contributed by atoms with van der Waals surface area (Å²) in [5.41, 5.74) is 2.38. The number of carbonyl (C=O) groups excluding carboxylic acids is 1. The number of nitrogens with zero attached hydrogens (tertiary/aromatic N) is 2. The highest BCUT2D eigenvalue weighted by molar-refractivity contribution is 7.86. The quantitative estimate of drug-likeness (QED) is 0.564. The van der Waals surface area contributed by atoms with Crippen molar-refractivity contribution >= 4 is 22.1 Å². The zero-order valence-electron chi connectivity index (χ0n) is 18.5. The van der Waals surface area contributed by atoms with E-state index in [1.165, 1.54) is 0 Å². The molecule has 3 rings (SSSR count). The van der Waals surface area contributed by atoms with Crippen LogP contribution in [0.5, 0.6) is 5.75 Å². The van der Waals surface area contributed by atoms with Crippen molar-refractivity contribution in [3.63, 3.8) is 0 Å². The molecule has 10 nitrogen and oxygen atoms in total. The number of carboxylic acid groups (broad SMARTS) is 1. The second-order valence-corrected chi connectivity index (χ2v) is 9.42. The van der Waals surface area contributed by atoms with E-state index in [4.69, 9.17) is 8.92 Å². The van der Waals surface area contributed by atoms with E-state index >= 15 is 0 Å². The Morgan fingerprint density at radius 2 is 2.00 bits per heavy atom. The van der Waals surface area contributed by atoms with Crippen LogP contribution in [0, 0.1) is 11.3 Å². The van der Waals surface area contributed by atoms with E-state index in [2.05, 4.69) is 11.4 Å². The second-order valence-electron chi connectivity index (χ2n) is 7.85. The van der Waals surface area contributed by atoms with Gasteiger partial charge in [0.2, 0.25) is 0 Å². The fourth-order valence-corrected chi connectivity index (χ4v) is 3.98. The van der Waals surface area contributed by atoms with Gasteiger partial charge in [-0.05, 0) is 35.2 Å². The second kappa shape index (κ2) is 11.0. The van der Waals surface area contributed by atoms with E-state index in [1.807, 2.05) is 30.3 Å². The van der Waals surface area contributed by atoms with Gasteiger partial charge in [-0.15, -0.1) is 0 Å². The molecule has 180 valence electrons. The molecule has 2 N–H and O–H groups in total. The molecular weight excluding hydrogens is 462 g/mol. The number of nitrogens with one attached hydrogen (secondary N) is 1. The lowest BCUT2D eigenvalue weighted by Gasteiger charge is -2.22. The fourth-order valence-electron chi connectivity index (χ4n) is 3.52. The first kappa shape index (κ1) is 25.0. The van der Waals surface area contributed by atoms with Crippen LogP contribution in [0.1, 0.15) is 12.0 Å². The zero-order valence-corrected chi connectivity index (χ0v) is 19.3. The van der Waals surface area contributed by atoms with Crippen molar-refractivity contribution < 1.29 is 32.0 Å². The molecule has 1 heterocycles. The normalized spacial score (nSPS) is 17.2. The lowest BCUT2D eigenvalue weighted by Crippen LogP contribution is -2.47. The lowest BCUT2D eigenvalue weighted by atomic mass is 10.0. The Morgan fingerprint density at radius 3 is 2.65 bits per heavy atom. The molecule has 0 aliphatic carbocycles. The summed E-state index contributed by atoms with van der Waals surface area (Å²) in [6, 6.07) is 15.2. The van der Waals surface area contributed by atoms with Crippen LogP contribution in [0.4, 0.5) is 4.79 Å². The van der Waals surface area contributed by atoms with E-state index in [-0.39, 0.29) is 31.9 Å². The number of nitriles is 1. The summed E-state index contributed by atoms with van der Waals surface area (Å²) in [6.45, 7) is 0.462. The summed E-state index contributed by atoms with van der Waals surface area (Å²) in [7, 11) is -3.63. The molecule has 0 saturated carbocycles. The van der Waals surface area contributed by atoms with Crippen molar-refractivity contribution in [3.05, 3.63) is 54.1 Å². The van der Waals surface area contributed by atoms with Gasteiger partial charge in [-0.25, -0.2) is 4.79 Å². The van der Waals surface area contributed by atoms with Crippen molar-refractivity contribution in [2.75, 3.05) is 26.0 Å². The summed E-state index contributed by atoms with van der Waals surface area (Å²) in [5.74, 6) is -0.322. The number of rotatable bonds is 7. The number of hydrogen-bond donors (Lipinski definition) is 2. The number of benzene rings is 2. The molecule has 1 saturated heterocycles. The van der Waals surface area contributed by atoms with Gasteiger partial charge in [0.05, 0.1) is 18.9 Å². The molecule has 11 heteroatoms. The lowest BCUT2D eigenvalue weighted by molar-refractivity contribution is -0.133. The predicted octanol–water partition coefficient (Wildman–Crippen LogP) is 2.01. The highest BCUT2D eigenvalue weighted by Crippen LogP contribution is 2.25. The maximum Gasteiger partial charge on any atom is 0.407 e. The van der Waals surface area contributed by atoms with Gasteiger partial charge < -0.3 is 24.2 Å². The van der Waals surface area contributed by atoms with E-state index in [0.717, 1.165) is 27.8 Å². The largest absolute Gasteiger partial charge is 0.465 e. The van der Waals surface area contributed by atoms with Gasteiger partial charge in [0, 0.05) is 19.6 Å². The number of amides is 2. The summed E-state index contributed by atoms with van der Waals surface area (Å²) in [6.07, 6.45) is -0.377. The van der Waals surface area contributed by atoms with Crippen LogP contribution < -0.4 is 9.50 Å². The van der Waals surface area contributed by atoms with Crippen LogP contribution in [0.3, 0.4) is 0 Å². The SMILES string of the molecule is CS(=O)(=O)Oc1cccc(-c2ccc(CC(C#N)NC(=O)[C@@H]3CN(C(=O)O)CCCO3)cc2)c1. The molecule has 0 radical (unpaired) electrons. The molecule has 1 aliphatic rings.